The first kappa shape index (κ1) is 26.3. The lowest BCUT2D eigenvalue weighted by atomic mass is 9.78. The van der Waals surface area contributed by atoms with Gasteiger partial charge >= 0.3 is 0 Å². The van der Waals surface area contributed by atoms with Gasteiger partial charge in [-0.05, 0) is 61.2 Å². The van der Waals surface area contributed by atoms with Crippen molar-refractivity contribution in [2.75, 3.05) is 5.88 Å². The summed E-state index contributed by atoms with van der Waals surface area (Å²) in [6, 6.07) is 7.60. The molecule has 4 atom stereocenters. The van der Waals surface area contributed by atoms with Crippen molar-refractivity contribution in [1.82, 2.24) is 10.0 Å². The molecule has 4 rings (SSSR count). The summed E-state index contributed by atoms with van der Waals surface area (Å²) in [5, 5.41) is 1.92. The zero-order chi connectivity index (χ0) is 26.1. The van der Waals surface area contributed by atoms with Crippen LogP contribution in [-0.2, 0) is 9.59 Å². The highest BCUT2D eigenvalue weighted by atomic mass is 35.5. The van der Waals surface area contributed by atoms with E-state index in [1.165, 1.54) is 30.3 Å². The number of hydrogen-bond donors (Lipinski definition) is 0. The Morgan fingerprint density at radius 3 is 2.42 bits per heavy atom. The van der Waals surface area contributed by atoms with E-state index in [1.54, 1.807) is 0 Å². The standard InChI is InChI=1S/C26H22Cl3FN2O4/c1-14-3-2-4-19-22(14)26(36)32(25(19)35)31(24(34)18-10-7-16(28)13-20(18)29)21(11-12-27)23(33)15-5-8-17(30)9-6-15/h2-3,5-10,13-14,19,21-22H,4,11-12H2,1H3/t14-,19+,21+,22+/m1/s1. The Morgan fingerprint density at radius 2 is 1.81 bits per heavy atom. The lowest BCUT2D eigenvalue weighted by Crippen LogP contribution is -2.57. The lowest BCUT2D eigenvalue weighted by Gasteiger charge is -2.36. The smallest absolute Gasteiger partial charge is 0.275 e. The number of rotatable bonds is 7. The van der Waals surface area contributed by atoms with Crippen LogP contribution in [0.1, 0.15) is 40.5 Å². The number of nitrogens with zero attached hydrogens (tertiary/aromatic N) is 2. The molecule has 0 spiro atoms. The van der Waals surface area contributed by atoms with Crippen LogP contribution in [0.15, 0.2) is 54.6 Å². The summed E-state index contributed by atoms with van der Waals surface area (Å²) in [6.45, 7) is 1.82. The summed E-state index contributed by atoms with van der Waals surface area (Å²) in [5.41, 5.74) is 0.0484. The van der Waals surface area contributed by atoms with E-state index in [-0.39, 0.29) is 39.4 Å². The normalized spacial score (nSPS) is 21.9. The van der Waals surface area contributed by atoms with E-state index in [0.29, 0.717) is 6.42 Å². The van der Waals surface area contributed by atoms with Crippen molar-refractivity contribution < 1.29 is 23.6 Å². The molecule has 1 aliphatic carbocycles. The number of allylic oxidation sites excluding steroid dienone is 2. The van der Waals surface area contributed by atoms with E-state index in [1.807, 2.05) is 19.1 Å². The SMILES string of the molecule is C[C@@H]1C=CC[C@@H]2C(=O)N(N(C(=O)c3ccc(Cl)cc3Cl)[C@@H](CCCl)C(=O)c3ccc(F)cc3)C(=O)[C@@H]12. The van der Waals surface area contributed by atoms with Crippen LogP contribution >= 0.6 is 34.8 Å². The van der Waals surface area contributed by atoms with Gasteiger partial charge in [-0.25, -0.2) is 9.40 Å². The maximum Gasteiger partial charge on any atom is 0.275 e. The highest BCUT2D eigenvalue weighted by Crippen LogP contribution is 2.40. The van der Waals surface area contributed by atoms with E-state index < -0.39 is 47.2 Å². The fourth-order valence-electron chi connectivity index (χ4n) is 4.78. The number of carbonyl (C=O) groups is 4. The molecule has 0 radical (unpaired) electrons. The maximum atomic E-state index is 13.9. The molecule has 1 aliphatic heterocycles. The molecule has 10 heteroatoms. The van der Waals surface area contributed by atoms with Crippen LogP contribution in [-0.4, -0.2) is 45.4 Å². The van der Waals surface area contributed by atoms with Gasteiger partial charge in [-0.1, -0.05) is 42.3 Å². The highest BCUT2D eigenvalue weighted by molar-refractivity contribution is 6.36. The van der Waals surface area contributed by atoms with Crippen LogP contribution in [0.4, 0.5) is 4.39 Å². The molecule has 1 fully saturated rings. The van der Waals surface area contributed by atoms with E-state index in [0.717, 1.165) is 22.2 Å². The van der Waals surface area contributed by atoms with Crippen LogP contribution in [0.3, 0.4) is 0 Å². The predicted octanol–water partition coefficient (Wildman–Crippen LogP) is 5.57. The number of imide groups is 1. The van der Waals surface area contributed by atoms with E-state index >= 15 is 0 Å². The number of hydrogen-bond acceptors (Lipinski definition) is 4. The van der Waals surface area contributed by atoms with Crippen LogP contribution in [0.5, 0.6) is 0 Å². The van der Waals surface area contributed by atoms with Gasteiger partial charge in [-0.15, -0.1) is 11.6 Å². The zero-order valence-corrected chi connectivity index (χ0v) is 21.4. The van der Waals surface area contributed by atoms with Crippen molar-refractivity contribution >= 4 is 58.3 Å². The first-order chi connectivity index (χ1) is 17.1. The quantitative estimate of drug-likeness (QED) is 0.195. The summed E-state index contributed by atoms with van der Waals surface area (Å²) in [6.07, 6.45) is 3.96. The second-order valence-corrected chi connectivity index (χ2v) is 10.0. The number of alkyl halides is 1. The summed E-state index contributed by atoms with van der Waals surface area (Å²) in [4.78, 5) is 54.7. The van der Waals surface area contributed by atoms with Crippen LogP contribution in [0.2, 0.25) is 10.0 Å². The Labute approximate surface area is 222 Å². The predicted molar refractivity (Wildman–Crippen MR) is 134 cm³/mol. The van der Waals surface area contributed by atoms with Gasteiger partial charge in [0, 0.05) is 16.5 Å². The number of ketones is 1. The first-order valence-corrected chi connectivity index (χ1v) is 12.6. The number of halogens is 4. The number of fused-ring (bicyclic) bond motifs is 1. The van der Waals surface area contributed by atoms with Crippen molar-refractivity contribution in [3.8, 4) is 0 Å². The van der Waals surface area contributed by atoms with E-state index in [4.69, 9.17) is 34.8 Å². The second-order valence-electron chi connectivity index (χ2n) is 8.78. The maximum absolute atomic E-state index is 13.9. The number of benzene rings is 2. The molecule has 36 heavy (non-hydrogen) atoms. The summed E-state index contributed by atoms with van der Waals surface area (Å²) in [5.74, 6) is -4.76. The van der Waals surface area contributed by atoms with E-state index in [2.05, 4.69) is 0 Å². The molecular weight excluding hydrogens is 530 g/mol. The number of Topliss-reactive ketones (excluding diaryl/α,β-unsaturated/α-hetero) is 1. The third kappa shape index (κ3) is 4.80. The van der Waals surface area contributed by atoms with Gasteiger partial charge in [0.15, 0.2) is 5.78 Å². The van der Waals surface area contributed by atoms with Gasteiger partial charge in [0.05, 0.1) is 22.4 Å². The van der Waals surface area contributed by atoms with Crippen LogP contribution < -0.4 is 0 Å². The fourth-order valence-corrected chi connectivity index (χ4v) is 5.47. The summed E-state index contributed by atoms with van der Waals surface area (Å²) in [7, 11) is 0. The Balaban J connectivity index is 1.84. The minimum Gasteiger partial charge on any atom is -0.292 e. The van der Waals surface area contributed by atoms with E-state index in [9.17, 15) is 23.6 Å². The third-order valence-electron chi connectivity index (χ3n) is 6.54. The Hall–Kier alpha value is -2.74. The second kappa shape index (κ2) is 10.7. The number of hydrazine groups is 1. The molecule has 0 bridgehead atoms. The zero-order valence-electron chi connectivity index (χ0n) is 19.2. The van der Waals surface area contributed by atoms with Crippen molar-refractivity contribution in [3.63, 3.8) is 0 Å². The molecule has 3 amide bonds. The Bertz CT molecular complexity index is 1250. The topological polar surface area (TPSA) is 74.8 Å². The third-order valence-corrected chi connectivity index (χ3v) is 7.31. The molecular formula is C26H22Cl3FN2O4. The molecule has 188 valence electrons. The molecule has 2 aromatic carbocycles. The Morgan fingerprint density at radius 1 is 1.11 bits per heavy atom. The average Bonchev–Trinajstić information content (AvgIpc) is 3.09. The molecule has 2 aromatic rings. The van der Waals surface area contributed by atoms with Gasteiger partial charge in [-0.3, -0.25) is 19.2 Å². The van der Waals surface area contributed by atoms with Crippen molar-refractivity contribution in [3.05, 3.63) is 81.6 Å². The van der Waals surface area contributed by atoms with Gasteiger partial charge in [0.2, 0.25) is 0 Å². The van der Waals surface area contributed by atoms with Gasteiger partial charge in [-0.2, -0.15) is 5.01 Å². The molecule has 0 saturated carbocycles. The minimum absolute atomic E-state index is 0.0112. The summed E-state index contributed by atoms with van der Waals surface area (Å²) >= 11 is 18.3. The lowest BCUT2D eigenvalue weighted by molar-refractivity contribution is -0.156. The van der Waals surface area contributed by atoms with Crippen LogP contribution in [0.25, 0.3) is 0 Å². The average molecular weight is 552 g/mol. The molecule has 0 unspecified atom stereocenters. The molecule has 2 aliphatic rings. The number of amides is 3. The van der Waals surface area contributed by atoms with Crippen LogP contribution in [0, 0.1) is 23.6 Å². The van der Waals surface area contributed by atoms with Crippen molar-refractivity contribution in [2.24, 2.45) is 17.8 Å². The molecule has 1 heterocycles. The molecule has 6 nitrogen and oxygen atoms in total. The van der Waals surface area contributed by atoms with Gasteiger partial charge in [0.1, 0.15) is 11.9 Å². The van der Waals surface area contributed by atoms with Gasteiger partial charge in [0.25, 0.3) is 17.7 Å². The largest absolute Gasteiger partial charge is 0.292 e. The number of carbonyl (C=O) groups excluding carboxylic acids is 4. The summed E-state index contributed by atoms with van der Waals surface area (Å²) < 4.78 is 13.5. The van der Waals surface area contributed by atoms with Crippen molar-refractivity contribution in [1.29, 1.82) is 0 Å². The fraction of sp³-hybridized carbons (Fsp3) is 0.308. The monoisotopic (exact) mass is 550 g/mol. The highest BCUT2D eigenvalue weighted by Gasteiger charge is 2.55. The first-order valence-electron chi connectivity index (χ1n) is 11.3. The Kier molecular flexibility index (Phi) is 7.83. The molecule has 0 aromatic heterocycles. The van der Waals surface area contributed by atoms with Crippen molar-refractivity contribution in [2.45, 2.75) is 25.8 Å². The molecule has 0 N–H and O–H groups in total. The molecule has 1 saturated heterocycles. The minimum atomic E-state index is -1.33. The van der Waals surface area contributed by atoms with Gasteiger partial charge < -0.3 is 0 Å².